The Balaban J connectivity index is 1.53. The van der Waals surface area contributed by atoms with Crippen LogP contribution in [-0.2, 0) is 4.79 Å². The summed E-state index contributed by atoms with van der Waals surface area (Å²) in [6.07, 6.45) is 1.69. The lowest BCUT2D eigenvalue weighted by atomic mass is 9.93. The topological polar surface area (TPSA) is 66.6 Å². The number of carbonyl (C=O) groups is 2. The van der Waals surface area contributed by atoms with Crippen molar-refractivity contribution < 1.29 is 9.59 Å². The maximum atomic E-state index is 12.5. The smallest absolute Gasteiger partial charge is 0.253 e. The Labute approximate surface area is 137 Å². The van der Waals surface area contributed by atoms with Gasteiger partial charge in [0.1, 0.15) is 0 Å². The maximum absolute atomic E-state index is 12.5. The third kappa shape index (κ3) is 3.39. The lowest BCUT2D eigenvalue weighted by molar-refractivity contribution is -0.123. The van der Waals surface area contributed by atoms with E-state index in [1.165, 1.54) is 0 Å². The van der Waals surface area contributed by atoms with E-state index < -0.39 is 0 Å². The number of hydrogen-bond donors (Lipinski definition) is 1. The third-order valence-corrected chi connectivity index (χ3v) is 5.07. The number of aryl methyl sites for hydroxylation is 2. The molecule has 1 aromatic rings. The van der Waals surface area contributed by atoms with Crippen LogP contribution in [0, 0.1) is 19.8 Å². The molecular weight excluding hydrogens is 290 g/mol. The van der Waals surface area contributed by atoms with Crippen LogP contribution in [-0.4, -0.2) is 53.8 Å². The molecule has 5 nitrogen and oxygen atoms in total. The fourth-order valence-electron chi connectivity index (χ4n) is 3.68. The van der Waals surface area contributed by atoms with Crippen molar-refractivity contribution in [3.8, 4) is 0 Å². The SMILES string of the molecule is Cc1cc(C)cc(C(=O)N2CC(N3CCC(C(N)=O)CC3)C2)c1. The fourth-order valence-corrected chi connectivity index (χ4v) is 3.68. The van der Waals surface area contributed by atoms with Crippen LogP contribution in [0.3, 0.4) is 0 Å². The van der Waals surface area contributed by atoms with Gasteiger partial charge < -0.3 is 10.6 Å². The quantitative estimate of drug-likeness (QED) is 0.915. The molecule has 3 rings (SSSR count). The first kappa shape index (κ1) is 16.0. The molecule has 2 fully saturated rings. The van der Waals surface area contributed by atoms with Crippen LogP contribution in [0.5, 0.6) is 0 Å². The van der Waals surface area contributed by atoms with E-state index in [0.717, 1.165) is 55.7 Å². The second-order valence-corrected chi connectivity index (χ2v) is 6.95. The molecule has 2 aliphatic rings. The van der Waals surface area contributed by atoms with Crippen molar-refractivity contribution in [2.24, 2.45) is 11.7 Å². The largest absolute Gasteiger partial charge is 0.369 e. The number of rotatable bonds is 3. The lowest BCUT2D eigenvalue weighted by Crippen LogP contribution is -2.62. The summed E-state index contributed by atoms with van der Waals surface area (Å²) in [7, 11) is 0. The molecule has 0 bridgehead atoms. The van der Waals surface area contributed by atoms with E-state index in [2.05, 4.69) is 11.0 Å². The second kappa shape index (κ2) is 6.32. The van der Waals surface area contributed by atoms with Gasteiger partial charge in [-0.2, -0.15) is 0 Å². The van der Waals surface area contributed by atoms with E-state index >= 15 is 0 Å². The van der Waals surface area contributed by atoms with Gasteiger partial charge in [-0.25, -0.2) is 0 Å². The number of carbonyl (C=O) groups excluding carboxylic acids is 2. The molecule has 0 unspecified atom stereocenters. The van der Waals surface area contributed by atoms with Crippen LogP contribution in [0.2, 0.25) is 0 Å². The van der Waals surface area contributed by atoms with Gasteiger partial charge in [0.05, 0.1) is 0 Å². The number of likely N-dealkylation sites (tertiary alicyclic amines) is 2. The highest BCUT2D eigenvalue weighted by atomic mass is 16.2. The summed E-state index contributed by atoms with van der Waals surface area (Å²) in [6, 6.07) is 6.43. The van der Waals surface area contributed by atoms with Crippen molar-refractivity contribution in [1.29, 1.82) is 0 Å². The monoisotopic (exact) mass is 315 g/mol. The molecule has 2 saturated heterocycles. The summed E-state index contributed by atoms with van der Waals surface area (Å²) in [5, 5.41) is 0. The van der Waals surface area contributed by atoms with Crippen LogP contribution in [0.25, 0.3) is 0 Å². The van der Waals surface area contributed by atoms with E-state index in [9.17, 15) is 9.59 Å². The molecule has 0 spiro atoms. The Bertz CT molecular complexity index is 594. The molecule has 0 aromatic heterocycles. The Morgan fingerprint density at radius 2 is 1.61 bits per heavy atom. The number of hydrogen-bond acceptors (Lipinski definition) is 3. The average Bonchev–Trinajstić information content (AvgIpc) is 2.45. The van der Waals surface area contributed by atoms with E-state index in [4.69, 9.17) is 5.73 Å². The zero-order valence-electron chi connectivity index (χ0n) is 13.9. The van der Waals surface area contributed by atoms with Gasteiger partial charge in [-0.3, -0.25) is 14.5 Å². The maximum Gasteiger partial charge on any atom is 0.253 e. The van der Waals surface area contributed by atoms with E-state index in [1.807, 2.05) is 30.9 Å². The summed E-state index contributed by atoms with van der Waals surface area (Å²) in [5.41, 5.74) is 8.41. The van der Waals surface area contributed by atoms with E-state index in [-0.39, 0.29) is 17.7 Å². The number of nitrogens with two attached hydrogens (primary N) is 1. The minimum Gasteiger partial charge on any atom is -0.369 e. The van der Waals surface area contributed by atoms with Gasteiger partial charge in [0, 0.05) is 30.6 Å². The predicted molar refractivity (Wildman–Crippen MR) is 89.1 cm³/mol. The number of piperidine rings is 1. The third-order valence-electron chi connectivity index (χ3n) is 5.07. The van der Waals surface area contributed by atoms with Crippen LogP contribution in [0.4, 0.5) is 0 Å². The summed E-state index contributed by atoms with van der Waals surface area (Å²) < 4.78 is 0. The Kier molecular flexibility index (Phi) is 4.39. The lowest BCUT2D eigenvalue weighted by Gasteiger charge is -2.47. The molecule has 0 saturated carbocycles. The first-order valence-electron chi connectivity index (χ1n) is 8.35. The average molecular weight is 315 g/mol. The van der Waals surface area contributed by atoms with Crippen molar-refractivity contribution in [3.05, 3.63) is 34.9 Å². The van der Waals surface area contributed by atoms with Crippen LogP contribution in [0.15, 0.2) is 18.2 Å². The molecule has 23 heavy (non-hydrogen) atoms. The van der Waals surface area contributed by atoms with Crippen LogP contribution in [0.1, 0.15) is 34.3 Å². The minimum absolute atomic E-state index is 0.0272. The highest BCUT2D eigenvalue weighted by molar-refractivity contribution is 5.95. The molecule has 2 N–H and O–H groups in total. The number of primary amides is 1. The van der Waals surface area contributed by atoms with Crippen LogP contribution >= 0.6 is 0 Å². The summed E-state index contributed by atoms with van der Waals surface area (Å²) in [6.45, 7) is 7.42. The normalized spacial score (nSPS) is 20.3. The molecule has 0 radical (unpaired) electrons. The molecule has 2 aliphatic heterocycles. The van der Waals surface area contributed by atoms with Gasteiger partial charge in [-0.05, 0) is 51.9 Å². The van der Waals surface area contributed by atoms with Crippen LogP contribution < -0.4 is 5.73 Å². The number of benzene rings is 1. The van der Waals surface area contributed by atoms with Gasteiger partial charge in [-0.1, -0.05) is 17.2 Å². The van der Waals surface area contributed by atoms with Crippen molar-refractivity contribution >= 4 is 11.8 Å². The van der Waals surface area contributed by atoms with Crippen molar-refractivity contribution in [3.63, 3.8) is 0 Å². The highest BCUT2D eigenvalue weighted by Gasteiger charge is 2.37. The fraction of sp³-hybridized carbons (Fsp3) is 0.556. The molecule has 5 heteroatoms. The molecule has 0 aliphatic carbocycles. The van der Waals surface area contributed by atoms with Gasteiger partial charge in [0.15, 0.2) is 0 Å². The first-order valence-corrected chi connectivity index (χ1v) is 8.35. The van der Waals surface area contributed by atoms with Gasteiger partial charge in [0.2, 0.25) is 5.91 Å². The first-order chi connectivity index (χ1) is 10.9. The standard InChI is InChI=1S/C18H25N3O2/c1-12-7-13(2)9-15(8-12)18(23)21-10-16(11-21)20-5-3-14(4-6-20)17(19)22/h7-9,14,16H,3-6,10-11H2,1-2H3,(H2,19,22). The number of nitrogens with zero attached hydrogens (tertiary/aromatic N) is 2. The van der Waals surface area contributed by atoms with Gasteiger partial charge in [-0.15, -0.1) is 0 Å². The summed E-state index contributed by atoms with van der Waals surface area (Å²) >= 11 is 0. The molecule has 1 aromatic carbocycles. The molecule has 0 atom stereocenters. The highest BCUT2D eigenvalue weighted by Crippen LogP contribution is 2.24. The summed E-state index contributed by atoms with van der Waals surface area (Å²) in [5.74, 6) is -0.0238. The zero-order valence-corrected chi connectivity index (χ0v) is 13.9. The molecule has 2 amide bonds. The van der Waals surface area contributed by atoms with E-state index in [0.29, 0.717) is 6.04 Å². The molecular formula is C18H25N3O2. The minimum atomic E-state index is -0.176. The zero-order chi connectivity index (χ0) is 16.6. The predicted octanol–water partition coefficient (Wildman–Crippen LogP) is 1.33. The Morgan fingerprint density at radius 1 is 1.04 bits per heavy atom. The molecule has 124 valence electrons. The Hall–Kier alpha value is -1.88. The summed E-state index contributed by atoms with van der Waals surface area (Å²) in [4.78, 5) is 28.1. The van der Waals surface area contributed by atoms with Crippen molar-refractivity contribution in [2.45, 2.75) is 32.7 Å². The van der Waals surface area contributed by atoms with E-state index in [1.54, 1.807) is 0 Å². The Morgan fingerprint density at radius 3 is 2.13 bits per heavy atom. The second-order valence-electron chi connectivity index (χ2n) is 6.95. The van der Waals surface area contributed by atoms with Crippen molar-refractivity contribution in [2.75, 3.05) is 26.2 Å². The number of amides is 2. The van der Waals surface area contributed by atoms with Gasteiger partial charge >= 0.3 is 0 Å². The molecule has 2 heterocycles. The van der Waals surface area contributed by atoms with Gasteiger partial charge in [0.25, 0.3) is 5.91 Å². The van der Waals surface area contributed by atoms with Crippen molar-refractivity contribution in [1.82, 2.24) is 9.80 Å².